The molecule has 3 amide bonds. The molecule has 134 valence electrons. The third kappa shape index (κ3) is 2.89. The maximum absolute atomic E-state index is 12.8. The minimum atomic E-state index is 0.0997. The summed E-state index contributed by atoms with van der Waals surface area (Å²) in [5.74, 6) is 1.55. The van der Waals surface area contributed by atoms with E-state index < -0.39 is 0 Å². The summed E-state index contributed by atoms with van der Waals surface area (Å²) in [6.07, 6.45) is 6.18. The Hall–Kier alpha value is -1.30. The van der Waals surface area contributed by atoms with Gasteiger partial charge < -0.3 is 20.4 Å². The number of hydrogen-bond donors (Lipinski definition) is 1. The number of hydrogen-bond acceptors (Lipinski definition) is 3. The zero-order valence-electron chi connectivity index (χ0n) is 14.5. The summed E-state index contributed by atoms with van der Waals surface area (Å²) in [6.45, 7) is 5.02. The van der Waals surface area contributed by atoms with Crippen LogP contribution in [0.2, 0.25) is 0 Å². The van der Waals surface area contributed by atoms with E-state index in [2.05, 4.69) is 4.90 Å². The molecule has 0 aromatic carbocycles. The Balaban J connectivity index is 1.28. The van der Waals surface area contributed by atoms with Crippen molar-refractivity contribution in [1.29, 1.82) is 0 Å². The monoisotopic (exact) mass is 334 g/mol. The van der Waals surface area contributed by atoms with Crippen LogP contribution in [-0.4, -0.2) is 71.9 Å². The molecule has 2 N–H and O–H groups in total. The SMILES string of the molecule is NC1CCC2CN(C(=O)C3CCN(C(=O)N4CCCC4)CC3)CC12. The second kappa shape index (κ2) is 6.54. The Labute approximate surface area is 144 Å². The highest BCUT2D eigenvalue weighted by atomic mass is 16.2. The van der Waals surface area contributed by atoms with Crippen LogP contribution in [0.3, 0.4) is 0 Å². The molecule has 4 aliphatic rings. The lowest BCUT2D eigenvalue weighted by molar-refractivity contribution is -0.136. The van der Waals surface area contributed by atoms with Crippen LogP contribution in [0.15, 0.2) is 0 Å². The molecule has 3 aliphatic heterocycles. The molecule has 0 aromatic rings. The van der Waals surface area contributed by atoms with Crippen LogP contribution in [0.5, 0.6) is 0 Å². The molecule has 4 fully saturated rings. The molecule has 0 radical (unpaired) electrons. The predicted octanol–water partition coefficient (Wildman–Crippen LogP) is 1.11. The molecular weight excluding hydrogens is 304 g/mol. The number of piperidine rings is 1. The van der Waals surface area contributed by atoms with Gasteiger partial charge in [-0.1, -0.05) is 0 Å². The van der Waals surface area contributed by atoms with Crippen LogP contribution in [0.4, 0.5) is 4.79 Å². The minimum Gasteiger partial charge on any atom is -0.342 e. The normalized spacial score (nSPS) is 34.0. The number of nitrogens with two attached hydrogens (primary N) is 1. The van der Waals surface area contributed by atoms with Crippen molar-refractivity contribution in [3.63, 3.8) is 0 Å². The van der Waals surface area contributed by atoms with Crippen molar-refractivity contribution in [2.75, 3.05) is 39.3 Å². The average Bonchev–Trinajstić information content (AvgIpc) is 3.33. The van der Waals surface area contributed by atoms with Crippen LogP contribution in [0, 0.1) is 17.8 Å². The fourth-order valence-corrected chi connectivity index (χ4v) is 5.17. The summed E-state index contributed by atoms with van der Waals surface area (Å²) in [5, 5.41) is 0. The first-order valence-electron chi connectivity index (χ1n) is 9.71. The first-order chi connectivity index (χ1) is 11.6. The number of nitrogens with zero attached hydrogens (tertiary/aromatic N) is 3. The van der Waals surface area contributed by atoms with E-state index in [0.717, 1.165) is 71.4 Å². The summed E-state index contributed by atoms with van der Waals surface area (Å²) in [4.78, 5) is 31.3. The Bertz CT molecular complexity index is 497. The quantitative estimate of drug-likeness (QED) is 0.781. The van der Waals surface area contributed by atoms with Gasteiger partial charge in [0, 0.05) is 51.2 Å². The Morgan fingerprint density at radius 2 is 1.46 bits per heavy atom. The molecule has 4 rings (SSSR count). The van der Waals surface area contributed by atoms with Gasteiger partial charge in [0.15, 0.2) is 0 Å². The second-order valence-corrected chi connectivity index (χ2v) is 8.15. The van der Waals surface area contributed by atoms with Gasteiger partial charge in [-0.2, -0.15) is 0 Å². The molecule has 3 unspecified atom stereocenters. The number of rotatable bonds is 1. The third-order valence-corrected chi connectivity index (χ3v) is 6.72. The van der Waals surface area contributed by atoms with E-state index in [1.165, 1.54) is 6.42 Å². The van der Waals surface area contributed by atoms with Gasteiger partial charge in [-0.3, -0.25) is 4.79 Å². The fourth-order valence-electron chi connectivity index (χ4n) is 5.17. The predicted molar refractivity (Wildman–Crippen MR) is 91.3 cm³/mol. The van der Waals surface area contributed by atoms with E-state index in [9.17, 15) is 9.59 Å². The number of carbonyl (C=O) groups is 2. The Morgan fingerprint density at radius 1 is 0.792 bits per heavy atom. The zero-order valence-corrected chi connectivity index (χ0v) is 14.5. The summed E-state index contributed by atoms with van der Waals surface area (Å²) in [5.41, 5.74) is 6.19. The molecule has 3 heterocycles. The molecule has 0 spiro atoms. The van der Waals surface area contributed by atoms with Gasteiger partial charge in [0.05, 0.1) is 0 Å². The molecule has 1 saturated carbocycles. The summed E-state index contributed by atoms with van der Waals surface area (Å²) in [7, 11) is 0. The number of carbonyl (C=O) groups excluding carboxylic acids is 2. The highest BCUT2D eigenvalue weighted by molar-refractivity contribution is 5.80. The number of fused-ring (bicyclic) bond motifs is 1. The number of urea groups is 1. The highest BCUT2D eigenvalue weighted by Crippen LogP contribution is 2.38. The van der Waals surface area contributed by atoms with Crippen molar-refractivity contribution in [3.05, 3.63) is 0 Å². The van der Waals surface area contributed by atoms with E-state index >= 15 is 0 Å². The number of likely N-dealkylation sites (tertiary alicyclic amines) is 3. The minimum absolute atomic E-state index is 0.0997. The average molecular weight is 334 g/mol. The van der Waals surface area contributed by atoms with E-state index in [4.69, 9.17) is 5.73 Å². The molecule has 24 heavy (non-hydrogen) atoms. The lowest BCUT2D eigenvalue weighted by Gasteiger charge is -2.35. The Kier molecular flexibility index (Phi) is 4.41. The van der Waals surface area contributed by atoms with Crippen molar-refractivity contribution >= 4 is 11.9 Å². The largest absolute Gasteiger partial charge is 0.342 e. The van der Waals surface area contributed by atoms with Crippen molar-refractivity contribution in [3.8, 4) is 0 Å². The van der Waals surface area contributed by atoms with Gasteiger partial charge in [-0.15, -0.1) is 0 Å². The number of amides is 3. The van der Waals surface area contributed by atoms with Crippen molar-refractivity contribution in [2.45, 2.75) is 44.6 Å². The topological polar surface area (TPSA) is 69.9 Å². The van der Waals surface area contributed by atoms with Crippen molar-refractivity contribution < 1.29 is 9.59 Å². The van der Waals surface area contributed by atoms with E-state index in [0.29, 0.717) is 17.7 Å². The van der Waals surface area contributed by atoms with Gasteiger partial charge in [0.2, 0.25) is 5.91 Å². The highest BCUT2D eigenvalue weighted by Gasteiger charge is 2.44. The van der Waals surface area contributed by atoms with Gasteiger partial charge in [0.1, 0.15) is 0 Å². The molecule has 0 aromatic heterocycles. The Morgan fingerprint density at radius 3 is 2.12 bits per heavy atom. The second-order valence-electron chi connectivity index (χ2n) is 8.15. The zero-order chi connectivity index (χ0) is 16.7. The third-order valence-electron chi connectivity index (χ3n) is 6.72. The smallest absolute Gasteiger partial charge is 0.319 e. The first kappa shape index (κ1) is 16.2. The van der Waals surface area contributed by atoms with E-state index in [1.807, 2.05) is 9.80 Å². The summed E-state index contributed by atoms with van der Waals surface area (Å²) < 4.78 is 0. The van der Waals surface area contributed by atoms with Crippen LogP contribution >= 0.6 is 0 Å². The van der Waals surface area contributed by atoms with Crippen LogP contribution in [0.1, 0.15) is 38.5 Å². The molecular formula is C18H30N4O2. The van der Waals surface area contributed by atoms with E-state index in [1.54, 1.807) is 0 Å². The molecule has 0 bridgehead atoms. The molecule has 1 aliphatic carbocycles. The molecule has 3 saturated heterocycles. The molecule has 3 atom stereocenters. The van der Waals surface area contributed by atoms with Gasteiger partial charge in [0.25, 0.3) is 0 Å². The van der Waals surface area contributed by atoms with Crippen LogP contribution in [-0.2, 0) is 4.79 Å². The standard InChI is InChI=1S/C18H30N4O2/c19-16-4-3-14-11-22(12-15(14)16)17(23)13-5-9-21(10-6-13)18(24)20-7-1-2-8-20/h13-16H,1-12,19H2. The molecule has 6 nitrogen and oxygen atoms in total. The first-order valence-corrected chi connectivity index (χ1v) is 9.71. The van der Waals surface area contributed by atoms with E-state index in [-0.39, 0.29) is 18.0 Å². The van der Waals surface area contributed by atoms with Crippen molar-refractivity contribution in [1.82, 2.24) is 14.7 Å². The summed E-state index contributed by atoms with van der Waals surface area (Å²) in [6, 6.07) is 0.466. The lowest BCUT2D eigenvalue weighted by Crippen LogP contribution is -2.48. The summed E-state index contributed by atoms with van der Waals surface area (Å²) >= 11 is 0. The van der Waals surface area contributed by atoms with Crippen molar-refractivity contribution in [2.24, 2.45) is 23.5 Å². The van der Waals surface area contributed by atoms with Gasteiger partial charge in [-0.05, 0) is 50.4 Å². The lowest BCUT2D eigenvalue weighted by atomic mass is 9.95. The maximum Gasteiger partial charge on any atom is 0.319 e. The fraction of sp³-hybridized carbons (Fsp3) is 0.889. The van der Waals surface area contributed by atoms with Crippen LogP contribution in [0.25, 0.3) is 0 Å². The molecule has 6 heteroatoms. The van der Waals surface area contributed by atoms with Gasteiger partial charge >= 0.3 is 6.03 Å². The van der Waals surface area contributed by atoms with Gasteiger partial charge in [-0.25, -0.2) is 4.79 Å². The maximum atomic E-state index is 12.8. The van der Waals surface area contributed by atoms with Crippen LogP contribution < -0.4 is 5.73 Å².